The number of ether oxygens (including phenoxy) is 1. The minimum absolute atomic E-state index is 0.110. The molecule has 2 aromatic rings. The fraction of sp³-hybridized carbons (Fsp3) is 0.458. The largest absolute Gasteiger partial charge is 0.379 e. The molecule has 0 radical (unpaired) electrons. The minimum Gasteiger partial charge on any atom is -0.379 e. The quantitative estimate of drug-likeness (QED) is 0.425. The third-order valence-corrected chi connectivity index (χ3v) is 9.69. The molecule has 9 nitrogen and oxygen atoms in total. The van der Waals surface area contributed by atoms with Crippen LogP contribution in [0.1, 0.15) is 18.1 Å². The lowest BCUT2D eigenvalue weighted by atomic mass is 10.2. The summed E-state index contributed by atoms with van der Waals surface area (Å²) in [7, 11) is -7.73. The molecule has 0 bridgehead atoms. The van der Waals surface area contributed by atoms with E-state index in [4.69, 9.17) is 4.74 Å². The Morgan fingerprint density at radius 2 is 1.40 bits per heavy atom. The molecule has 2 fully saturated rings. The van der Waals surface area contributed by atoms with Gasteiger partial charge in [-0.3, -0.25) is 4.90 Å². The van der Waals surface area contributed by atoms with E-state index < -0.39 is 26.2 Å². The standard InChI is InChI=1S/C24H32N4O5S2/c1-19-4-8-22(9-5-19)34(29,30)25-24(18-26-14-16-33-17-15-26)27-12-13-28(21(27)3)35(31,32)23-10-6-20(2)7-11-23/h4-11,21H,12-18H2,1-3H3. The number of aryl methyl sites for hydroxylation is 2. The fourth-order valence-electron chi connectivity index (χ4n) is 4.28. The van der Waals surface area contributed by atoms with Gasteiger partial charge in [-0.25, -0.2) is 8.42 Å². The first-order valence-electron chi connectivity index (χ1n) is 11.6. The highest BCUT2D eigenvalue weighted by molar-refractivity contribution is 7.90. The minimum atomic E-state index is -3.98. The number of morpholine rings is 1. The van der Waals surface area contributed by atoms with Crippen LogP contribution in [0.3, 0.4) is 0 Å². The third kappa shape index (κ3) is 5.75. The van der Waals surface area contributed by atoms with Gasteiger partial charge in [0.15, 0.2) is 0 Å². The second-order valence-corrected chi connectivity index (χ2v) is 12.4. The van der Waals surface area contributed by atoms with Crippen molar-refractivity contribution in [3.63, 3.8) is 0 Å². The molecule has 11 heteroatoms. The Morgan fingerprint density at radius 1 is 0.857 bits per heavy atom. The molecule has 2 aliphatic heterocycles. The van der Waals surface area contributed by atoms with Crippen molar-refractivity contribution in [2.24, 2.45) is 4.40 Å². The predicted molar refractivity (Wildman–Crippen MR) is 134 cm³/mol. The molecule has 0 aliphatic carbocycles. The molecule has 35 heavy (non-hydrogen) atoms. The van der Waals surface area contributed by atoms with E-state index in [0.717, 1.165) is 11.1 Å². The lowest BCUT2D eigenvalue weighted by Gasteiger charge is -2.33. The molecule has 4 rings (SSSR count). The van der Waals surface area contributed by atoms with Crippen LogP contribution in [-0.4, -0.2) is 88.9 Å². The zero-order valence-electron chi connectivity index (χ0n) is 20.3. The Balaban J connectivity index is 1.66. The van der Waals surface area contributed by atoms with E-state index in [2.05, 4.69) is 9.30 Å². The molecule has 2 heterocycles. The number of hydrogen-bond donors (Lipinski definition) is 0. The number of nitrogens with zero attached hydrogens (tertiary/aromatic N) is 4. The van der Waals surface area contributed by atoms with Gasteiger partial charge >= 0.3 is 0 Å². The summed E-state index contributed by atoms with van der Waals surface area (Å²) in [6.07, 6.45) is -0.589. The molecular weight excluding hydrogens is 488 g/mol. The van der Waals surface area contributed by atoms with Gasteiger partial charge in [-0.15, -0.1) is 4.40 Å². The molecule has 2 aromatic carbocycles. The fourth-order valence-corrected chi connectivity index (χ4v) is 6.89. The van der Waals surface area contributed by atoms with Crippen LogP contribution in [0, 0.1) is 13.8 Å². The highest BCUT2D eigenvalue weighted by Gasteiger charge is 2.39. The average molecular weight is 521 g/mol. The monoisotopic (exact) mass is 520 g/mol. The zero-order valence-corrected chi connectivity index (χ0v) is 21.9. The lowest BCUT2D eigenvalue weighted by molar-refractivity contribution is 0.0439. The van der Waals surface area contributed by atoms with Gasteiger partial charge in [0, 0.05) is 26.2 Å². The van der Waals surface area contributed by atoms with Gasteiger partial charge in [-0.1, -0.05) is 35.4 Å². The summed E-state index contributed by atoms with van der Waals surface area (Å²) >= 11 is 0. The second kappa shape index (κ2) is 10.4. The van der Waals surface area contributed by atoms with E-state index in [1.165, 1.54) is 4.31 Å². The van der Waals surface area contributed by atoms with Crippen LogP contribution < -0.4 is 0 Å². The number of amidine groups is 1. The normalized spacial score (nSPS) is 20.9. The number of hydrogen-bond acceptors (Lipinski definition) is 6. The van der Waals surface area contributed by atoms with Crippen LogP contribution in [-0.2, 0) is 24.8 Å². The summed E-state index contributed by atoms with van der Waals surface area (Å²) in [5.41, 5.74) is 1.92. The van der Waals surface area contributed by atoms with Gasteiger partial charge in [0.1, 0.15) is 5.84 Å². The van der Waals surface area contributed by atoms with Crippen LogP contribution in [0.2, 0.25) is 0 Å². The smallest absolute Gasteiger partial charge is 0.283 e. The lowest BCUT2D eigenvalue weighted by Crippen LogP contribution is -2.48. The van der Waals surface area contributed by atoms with Crippen molar-refractivity contribution >= 4 is 25.9 Å². The van der Waals surface area contributed by atoms with Crippen molar-refractivity contribution in [3.8, 4) is 0 Å². The topological polar surface area (TPSA) is 99.6 Å². The van der Waals surface area contributed by atoms with E-state index in [9.17, 15) is 16.8 Å². The van der Waals surface area contributed by atoms with Gasteiger partial charge < -0.3 is 9.64 Å². The molecule has 2 saturated heterocycles. The van der Waals surface area contributed by atoms with Crippen molar-refractivity contribution in [2.75, 3.05) is 45.9 Å². The molecular formula is C24H32N4O5S2. The summed E-state index contributed by atoms with van der Waals surface area (Å²) in [6, 6.07) is 13.3. The molecule has 1 atom stereocenters. The number of benzene rings is 2. The van der Waals surface area contributed by atoms with Gasteiger partial charge in [-0.05, 0) is 45.0 Å². The Kier molecular flexibility index (Phi) is 7.62. The number of rotatable bonds is 6. The van der Waals surface area contributed by atoms with E-state index in [0.29, 0.717) is 38.7 Å². The van der Waals surface area contributed by atoms with Crippen LogP contribution in [0.25, 0.3) is 0 Å². The molecule has 0 saturated carbocycles. The third-order valence-electron chi connectivity index (χ3n) is 6.40. The maximum atomic E-state index is 13.4. The van der Waals surface area contributed by atoms with Crippen molar-refractivity contribution in [2.45, 2.75) is 36.7 Å². The average Bonchev–Trinajstić information content (AvgIpc) is 3.22. The Bertz CT molecular complexity index is 1270. The molecule has 1 unspecified atom stereocenters. The summed E-state index contributed by atoms with van der Waals surface area (Å²) in [6.45, 7) is 8.85. The second-order valence-electron chi connectivity index (χ2n) is 8.94. The van der Waals surface area contributed by atoms with Crippen molar-refractivity contribution < 1.29 is 21.6 Å². The van der Waals surface area contributed by atoms with Crippen molar-refractivity contribution in [3.05, 3.63) is 59.7 Å². The Morgan fingerprint density at radius 3 is 1.97 bits per heavy atom. The first-order valence-corrected chi connectivity index (χ1v) is 14.5. The van der Waals surface area contributed by atoms with Gasteiger partial charge in [0.2, 0.25) is 10.0 Å². The molecule has 0 spiro atoms. The first-order chi connectivity index (χ1) is 16.6. The SMILES string of the molecule is Cc1ccc(S(=O)(=O)N=C(CN2CCOCC2)N2CCN(S(=O)(=O)c3ccc(C)cc3)C2C)cc1. The molecule has 0 amide bonds. The Hall–Kier alpha value is -2.31. The zero-order chi connectivity index (χ0) is 25.2. The molecule has 0 aromatic heterocycles. The predicted octanol–water partition coefficient (Wildman–Crippen LogP) is 2.08. The Labute approximate surface area is 208 Å². The maximum Gasteiger partial charge on any atom is 0.283 e. The van der Waals surface area contributed by atoms with E-state index in [-0.39, 0.29) is 22.9 Å². The van der Waals surface area contributed by atoms with E-state index in [1.807, 2.05) is 13.8 Å². The maximum absolute atomic E-state index is 13.4. The number of sulfonamides is 2. The summed E-state index contributed by atoms with van der Waals surface area (Å²) in [5, 5.41) is 0. The van der Waals surface area contributed by atoms with Crippen LogP contribution >= 0.6 is 0 Å². The highest BCUT2D eigenvalue weighted by atomic mass is 32.2. The van der Waals surface area contributed by atoms with E-state index in [1.54, 1.807) is 60.4 Å². The van der Waals surface area contributed by atoms with E-state index >= 15 is 0 Å². The van der Waals surface area contributed by atoms with Gasteiger partial charge in [0.25, 0.3) is 10.0 Å². The van der Waals surface area contributed by atoms with Gasteiger partial charge in [0.05, 0.1) is 35.7 Å². The van der Waals surface area contributed by atoms with Crippen LogP contribution in [0.5, 0.6) is 0 Å². The van der Waals surface area contributed by atoms with Crippen molar-refractivity contribution in [1.29, 1.82) is 0 Å². The van der Waals surface area contributed by atoms with Crippen LogP contribution in [0.4, 0.5) is 0 Å². The van der Waals surface area contributed by atoms with Crippen LogP contribution in [0.15, 0.2) is 62.7 Å². The van der Waals surface area contributed by atoms with Gasteiger partial charge in [-0.2, -0.15) is 12.7 Å². The molecule has 2 aliphatic rings. The highest BCUT2D eigenvalue weighted by Crippen LogP contribution is 2.26. The van der Waals surface area contributed by atoms with Crippen molar-refractivity contribution in [1.82, 2.24) is 14.1 Å². The summed E-state index contributed by atoms with van der Waals surface area (Å²) in [5.74, 6) is 0.335. The molecule has 190 valence electrons. The first kappa shape index (κ1) is 25.8. The molecule has 0 N–H and O–H groups in total. The summed E-state index contributed by atoms with van der Waals surface area (Å²) in [4.78, 5) is 4.19. The summed E-state index contributed by atoms with van der Waals surface area (Å²) < 4.78 is 64.2.